The fraction of sp³-hybridized carbons (Fsp3) is 0.105. The summed E-state index contributed by atoms with van der Waals surface area (Å²) in [4.78, 5) is 0. The molecule has 0 aliphatic carbocycles. The molecule has 7 aromatic rings. The summed E-state index contributed by atoms with van der Waals surface area (Å²) in [6.07, 6.45) is 8.62. The Morgan fingerprint density at radius 2 is 0.800 bits per heavy atom. The van der Waals surface area contributed by atoms with E-state index in [1.165, 1.54) is 43.8 Å². The van der Waals surface area contributed by atoms with Crippen LogP contribution in [-0.2, 0) is 0 Å². The Labute approximate surface area is 233 Å². The summed E-state index contributed by atoms with van der Waals surface area (Å²) in [5.41, 5.74) is 13.1. The van der Waals surface area contributed by atoms with Crippen LogP contribution in [0.15, 0.2) is 93.8 Å². The lowest BCUT2D eigenvalue weighted by Crippen LogP contribution is -1.80. The molecule has 0 saturated heterocycles. The molecule has 7 rings (SSSR count). The number of benzene rings is 5. The van der Waals surface area contributed by atoms with Gasteiger partial charge in [-0.15, -0.1) is 0 Å². The summed E-state index contributed by atoms with van der Waals surface area (Å²) in [7, 11) is 0. The van der Waals surface area contributed by atoms with Gasteiger partial charge in [-0.3, -0.25) is 0 Å². The van der Waals surface area contributed by atoms with E-state index in [1.807, 2.05) is 0 Å². The summed E-state index contributed by atoms with van der Waals surface area (Å²) >= 11 is 0. The number of hydrogen-bond acceptors (Lipinski definition) is 2. The number of furan rings is 2. The fourth-order valence-electron chi connectivity index (χ4n) is 5.67. The molecule has 2 nitrogen and oxygen atoms in total. The highest BCUT2D eigenvalue weighted by Crippen LogP contribution is 2.35. The van der Waals surface area contributed by atoms with Crippen molar-refractivity contribution >= 4 is 68.2 Å². The number of aryl methyl sites for hydroxylation is 4. The minimum Gasteiger partial charge on any atom is -0.455 e. The predicted molar refractivity (Wildman–Crippen MR) is 171 cm³/mol. The molecule has 0 radical (unpaired) electrons. The summed E-state index contributed by atoms with van der Waals surface area (Å²) in [6, 6.07) is 30.2. The Balaban J connectivity index is 1.18. The minimum atomic E-state index is 0.931. The third kappa shape index (κ3) is 4.32. The first-order valence-corrected chi connectivity index (χ1v) is 13.7. The van der Waals surface area contributed by atoms with Crippen LogP contribution in [0.1, 0.15) is 44.5 Å². The van der Waals surface area contributed by atoms with Crippen LogP contribution < -0.4 is 0 Å². The van der Waals surface area contributed by atoms with Gasteiger partial charge in [0.2, 0.25) is 0 Å². The molecule has 0 aliphatic heterocycles. The van der Waals surface area contributed by atoms with Crippen molar-refractivity contribution in [2.45, 2.75) is 27.7 Å². The van der Waals surface area contributed by atoms with Crippen LogP contribution in [0.25, 0.3) is 68.2 Å². The summed E-state index contributed by atoms with van der Waals surface area (Å²) in [5, 5.41) is 4.69. The molecule has 0 N–H and O–H groups in total. The second-order valence-corrected chi connectivity index (χ2v) is 11.0. The van der Waals surface area contributed by atoms with Crippen LogP contribution in [0, 0.1) is 27.7 Å². The van der Waals surface area contributed by atoms with E-state index < -0.39 is 0 Å². The highest BCUT2D eigenvalue weighted by atomic mass is 16.3. The lowest BCUT2D eigenvalue weighted by Gasteiger charge is -2.01. The molecular formula is C38H30O2. The summed E-state index contributed by atoms with van der Waals surface area (Å²) < 4.78 is 12.5. The van der Waals surface area contributed by atoms with E-state index >= 15 is 0 Å². The lowest BCUT2D eigenvalue weighted by molar-refractivity contribution is 0.667. The van der Waals surface area contributed by atoms with E-state index in [0.29, 0.717) is 0 Å². The van der Waals surface area contributed by atoms with Crippen LogP contribution in [-0.4, -0.2) is 0 Å². The second-order valence-electron chi connectivity index (χ2n) is 11.0. The van der Waals surface area contributed by atoms with Crippen LogP contribution >= 0.6 is 0 Å². The van der Waals surface area contributed by atoms with Gasteiger partial charge in [-0.1, -0.05) is 71.8 Å². The van der Waals surface area contributed by atoms with E-state index in [9.17, 15) is 0 Å². The van der Waals surface area contributed by atoms with Gasteiger partial charge in [-0.25, -0.2) is 0 Å². The van der Waals surface area contributed by atoms with Gasteiger partial charge >= 0.3 is 0 Å². The molecule has 0 aliphatic rings. The molecular weight excluding hydrogens is 488 g/mol. The van der Waals surface area contributed by atoms with Crippen LogP contribution in [0.2, 0.25) is 0 Å². The Hall–Kier alpha value is -4.82. The highest BCUT2D eigenvalue weighted by Gasteiger charge is 2.12. The molecule has 0 atom stereocenters. The number of fused-ring (bicyclic) bond motifs is 6. The molecule has 0 unspecified atom stereocenters. The van der Waals surface area contributed by atoms with Gasteiger partial charge < -0.3 is 8.83 Å². The SMILES string of the molecule is Cc1ccc2oc3c(/C=C/c4ccc(/C=C/c5cc(C)cc6c5oc5ccc(C)cc56)cc4)cc(C)cc3c2c1. The van der Waals surface area contributed by atoms with Crippen molar-refractivity contribution in [1.82, 2.24) is 0 Å². The van der Waals surface area contributed by atoms with Crippen molar-refractivity contribution < 1.29 is 8.83 Å². The minimum absolute atomic E-state index is 0.931. The molecule has 2 aromatic heterocycles. The van der Waals surface area contributed by atoms with Crippen molar-refractivity contribution in [3.8, 4) is 0 Å². The Kier molecular flexibility index (Phi) is 5.71. The van der Waals surface area contributed by atoms with E-state index in [1.54, 1.807) is 0 Å². The van der Waals surface area contributed by atoms with Gasteiger partial charge in [0.05, 0.1) is 0 Å². The average molecular weight is 519 g/mol. The van der Waals surface area contributed by atoms with Crippen molar-refractivity contribution in [3.05, 3.63) is 129 Å². The number of rotatable bonds is 4. The van der Waals surface area contributed by atoms with Crippen molar-refractivity contribution in [1.29, 1.82) is 0 Å². The largest absolute Gasteiger partial charge is 0.455 e. The topological polar surface area (TPSA) is 26.3 Å². The molecule has 0 spiro atoms. The monoisotopic (exact) mass is 518 g/mol. The molecule has 0 bridgehead atoms. The smallest absolute Gasteiger partial charge is 0.142 e. The standard InChI is InChI=1S/C38H30O2/c1-23-5-15-35-31(19-23)33-21-25(3)17-29(37(33)39-35)13-11-27-7-9-28(10-8-27)12-14-30-18-26(4)22-34-32-20-24(2)6-16-36(32)40-38(30)34/h5-22H,1-4H3/b13-11+,14-12+. The van der Waals surface area contributed by atoms with E-state index in [4.69, 9.17) is 8.83 Å². The van der Waals surface area contributed by atoms with E-state index in [-0.39, 0.29) is 0 Å². The molecule has 0 amide bonds. The van der Waals surface area contributed by atoms with Gasteiger partial charge in [-0.2, -0.15) is 0 Å². The van der Waals surface area contributed by atoms with Crippen LogP contribution in [0.4, 0.5) is 0 Å². The van der Waals surface area contributed by atoms with E-state index in [0.717, 1.165) is 44.6 Å². The first-order chi connectivity index (χ1) is 19.4. The number of hydrogen-bond donors (Lipinski definition) is 0. The maximum Gasteiger partial charge on any atom is 0.142 e. The molecule has 194 valence electrons. The van der Waals surface area contributed by atoms with Crippen molar-refractivity contribution in [2.75, 3.05) is 0 Å². The van der Waals surface area contributed by atoms with Gasteiger partial charge in [0.25, 0.3) is 0 Å². The lowest BCUT2D eigenvalue weighted by atomic mass is 10.0. The predicted octanol–water partition coefficient (Wildman–Crippen LogP) is 11.1. The molecule has 40 heavy (non-hydrogen) atoms. The summed E-state index contributed by atoms with van der Waals surface area (Å²) in [5.74, 6) is 0. The quantitative estimate of drug-likeness (QED) is 0.217. The Bertz CT molecular complexity index is 1970. The Morgan fingerprint density at radius 1 is 0.400 bits per heavy atom. The maximum atomic E-state index is 6.27. The molecule has 0 fully saturated rings. The average Bonchev–Trinajstić information content (AvgIpc) is 3.49. The zero-order valence-electron chi connectivity index (χ0n) is 23.2. The zero-order chi connectivity index (χ0) is 27.4. The first-order valence-electron chi connectivity index (χ1n) is 13.7. The fourth-order valence-corrected chi connectivity index (χ4v) is 5.67. The molecule has 2 heteroatoms. The third-order valence-electron chi connectivity index (χ3n) is 7.65. The van der Waals surface area contributed by atoms with Gasteiger partial charge in [-0.05, 0) is 98.5 Å². The van der Waals surface area contributed by atoms with Crippen LogP contribution in [0.5, 0.6) is 0 Å². The van der Waals surface area contributed by atoms with Gasteiger partial charge in [0.15, 0.2) is 0 Å². The van der Waals surface area contributed by atoms with Crippen LogP contribution in [0.3, 0.4) is 0 Å². The third-order valence-corrected chi connectivity index (χ3v) is 7.65. The molecule has 2 heterocycles. The van der Waals surface area contributed by atoms with E-state index in [2.05, 4.69) is 137 Å². The summed E-state index contributed by atoms with van der Waals surface area (Å²) in [6.45, 7) is 8.52. The second kappa shape index (κ2) is 9.43. The van der Waals surface area contributed by atoms with Crippen molar-refractivity contribution in [2.24, 2.45) is 0 Å². The van der Waals surface area contributed by atoms with Gasteiger partial charge in [0, 0.05) is 32.7 Å². The Morgan fingerprint density at radius 3 is 1.23 bits per heavy atom. The zero-order valence-corrected chi connectivity index (χ0v) is 23.2. The molecule has 5 aromatic carbocycles. The van der Waals surface area contributed by atoms with Crippen molar-refractivity contribution in [3.63, 3.8) is 0 Å². The van der Waals surface area contributed by atoms with Gasteiger partial charge in [0.1, 0.15) is 22.3 Å². The molecule has 0 saturated carbocycles. The highest BCUT2D eigenvalue weighted by molar-refractivity contribution is 6.09. The normalized spacial score (nSPS) is 12.3. The first kappa shape index (κ1) is 24.2. The maximum absolute atomic E-state index is 6.27.